The van der Waals surface area contributed by atoms with Gasteiger partial charge in [0.2, 0.25) is 0 Å². The molecule has 0 amide bonds. The van der Waals surface area contributed by atoms with Gasteiger partial charge < -0.3 is 14.8 Å². The van der Waals surface area contributed by atoms with Crippen LogP contribution in [0.1, 0.15) is 25.0 Å². The first-order chi connectivity index (χ1) is 11.3. The molecule has 0 atom stereocenters. The summed E-state index contributed by atoms with van der Waals surface area (Å²) >= 11 is 0. The lowest BCUT2D eigenvalue weighted by Crippen LogP contribution is -2.04. The summed E-state index contributed by atoms with van der Waals surface area (Å²) in [6.45, 7) is 9.64. The van der Waals surface area contributed by atoms with Gasteiger partial charge >= 0.3 is 0 Å². The molecule has 3 nitrogen and oxygen atoms in total. The molecular formula is C20H25NO2. The minimum atomic E-state index is 0.474. The summed E-state index contributed by atoms with van der Waals surface area (Å²) in [5, 5.41) is 3.50. The van der Waals surface area contributed by atoms with Crippen molar-refractivity contribution in [1.29, 1.82) is 0 Å². The van der Waals surface area contributed by atoms with Crippen LogP contribution in [-0.2, 0) is 13.0 Å². The van der Waals surface area contributed by atoms with Gasteiger partial charge in [0.1, 0.15) is 6.61 Å². The molecule has 2 rings (SSSR count). The van der Waals surface area contributed by atoms with E-state index < -0.39 is 0 Å². The summed E-state index contributed by atoms with van der Waals surface area (Å²) < 4.78 is 11.3. The van der Waals surface area contributed by atoms with Crippen molar-refractivity contribution in [1.82, 2.24) is 0 Å². The monoisotopic (exact) mass is 311 g/mol. The fourth-order valence-electron chi connectivity index (χ4n) is 2.40. The van der Waals surface area contributed by atoms with E-state index in [1.54, 1.807) is 6.08 Å². The average Bonchev–Trinajstić information content (AvgIpc) is 2.59. The van der Waals surface area contributed by atoms with Gasteiger partial charge in [0, 0.05) is 12.2 Å². The number of anilines is 1. The van der Waals surface area contributed by atoms with Crippen molar-refractivity contribution >= 4 is 5.69 Å². The predicted octanol–water partition coefficient (Wildman–Crippen LogP) is 4.82. The van der Waals surface area contributed by atoms with Crippen LogP contribution in [0.25, 0.3) is 0 Å². The molecule has 0 radical (unpaired) electrons. The molecule has 0 aliphatic rings. The van der Waals surface area contributed by atoms with E-state index in [1.165, 1.54) is 11.3 Å². The zero-order chi connectivity index (χ0) is 16.5. The maximum Gasteiger partial charge on any atom is 0.161 e. The third-order valence-electron chi connectivity index (χ3n) is 3.55. The molecule has 0 fully saturated rings. The number of rotatable bonds is 9. The van der Waals surface area contributed by atoms with Gasteiger partial charge in [-0.15, -0.1) is 0 Å². The standard InChI is InChI=1S/C20H25NO2/c1-4-13-23-19-12-11-16(14-20(19)22-6-3)15-21-18-10-8-7-9-17(18)5-2/h4,7-12,14,21H,1,5-6,13,15H2,2-3H3. The van der Waals surface area contributed by atoms with Crippen LogP contribution in [-0.4, -0.2) is 13.2 Å². The molecule has 0 spiro atoms. The number of aryl methyl sites for hydroxylation is 1. The largest absolute Gasteiger partial charge is 0.490 e. The minimum Gasteiger partial charge on any atom is -0.490 e. The zero-order valence-electron chi connectivity index (χ0n) is 14.0. The Morgan fingerprint density at radius 2 is 1.87 bits per heavy atom. The Bertz CT molecular complexity index is 637. The molecular weight excluding hydrogens is 286 g/mol. The second-order valence-corrected chi connectivity index (χ2v) is 5.18. The van der Waals surface area contributed by atoms with Gasteiger partial charge in [-0.3, -0.25) is 0 Å². The summed E-state index contributed by atoms with van der Waals surface area (Å²) in [5.41, 5.74) is 3.66. The highest BCUT2D eigenvalue weighted by molar-refractivity contribution is 5.52. The Labute approximate surface area is 138 Å². The first kappa shape index (κ1) is 16.9. The van der Waals surface area contributed by atoms with Crippen LogP contribution in [0.5, 0.6) is 11.5 Å². The van der Waals surface area contributed by atoms with E-state index in [2.05, 4.69) is 49.2 Å². The second-order valence-electron chi connectivity index (χ2n) is 5.18. The fraction of sp³-hybridized carbons (Fsp3) is 0.300. The second kappa shape index (κ2) is 8.89. The van der Waals surface area contributed by atoms with E-state index in [-0.39, 0.29) is 0 Å². The first-order valence-corrected chi connectivity index (χ1v) is 8.09. The molecule has 0 saturated carbocycles. The summed E-state index contributed by atoms with van der Waals surface area (Å²) in [6.07, 6.45) is 2.74. The van der Waals surface area contributed by atoms with E-state index >= 15 is 0 Å². The zero-order valence-corrected chi connectivity index (χ0v) is 14.0. The van der Waals surface area contributed by atoms with Crippen LogP contribution < -0.4 is 14.8 Å². The molecule has 1 N–H and O–H groups in total. The van der Waals surface area contributed by atoms with Crippen molar-refractivity contribution in [3.05, 3.63) is 66.2 Å². The molecule has 122 valence electrons. The Morgan fingerprint density at radius 3 is 2.61 bits per heavy atom. The lowest BCUT2D eigenvalue weighted by Gasteiger charge is -2.14. The molecule has 0 aliphatic carbocycles. The highest BCUT2D eigenvalue weighted by Crippen LogP contribution is 2.29. The summed E-state index contributed by atoms with van der Waals surface area (Å²) in [5.74, 6) is 1.53. The van der Waals surface area contributed by atoms with Gasteiger partial charge in [-0.25, -0.2) is 0 Å². The minimum absolute atomic E-state index is 0.474. The lowest BCUT2D eigenvalue weighted by atomic mass is 10.1. The van der Waals surface area contributed by atoms with Gasteiger partial charge in [0.15, 0.2) is 11.5 Å². The fourth-order valence-corrected chi connectivity index (χ4v) is 2.40. The van der Waals surface area contributed by atoms with E-state index in [1.807, 2.05) is 19.1 Å². The molecule has 0 unspecified atom stereocenters. The number of benzene rings is 2. The van der Waals surface area contributed by atoms with E-state index in [4.69, 9.17) is 9.47 Å². The number of para-hydroxylation sites is 1. The van der Waals surface area contributed by atoms with Gasteiger partial charge in [-0.1, -0.05) is 43.8 Å². The molecule has 2 aromatic rings. The maximum absolute atomic E-state index is 5.68. The van der Waals surface area contributed by atoms with Crippen LogP contribution >= 0.6 is 0 Å². The molecule has 0 saturated heterocycles. The average molecular weight is 311 g/mol. The van der Waals surface area contributed by atoms with Crippen molar-refractivity contribution in [2.24, 2.45) is 0 Å². The van der Waals surface area contributed by atoms with Crippen LogP contribution in [0.4, 0.5) is 5.69 Å². The Balaban J connectivity index is 2.10. The van der Waals surface area contributed by atoms with Crippen LogP contribution in [0.15, 0.2) is 55.1 Å². The van der Waals surface area contributed by atoms with E-state index in [9.17, 15) is 0 Å². The highest BCUT2D eigenvalue weighted by atomic mass is 16.5. The number of nitrogens with one attached hydrogen (secondary N) is 1. The molecule has 0 aromatic heterocycles. The summed E-state index contributed by atoms with van der Waals surface area (Å²) in [7, 11) is 0. The molecule has 2 aromatic carbocycles. The van der Waals surface area contributed by atoms with Crippen molar-refractivity contribution < 1.29 is 9.47 Å². The van der Waals surface area contributed by atoms with Gasteiger partial charge in [-0.2, -0.15) is 0 Å². The Morgan fingerprint density at radius 1 is 1.04 bits per heavy atom. The smallest absolute Gasteiger partial charge is 0.161 e. The predicted molar refractivity (Wildman–Crippen MR) is 96.4 cm³/mol. The van der Waals surface area contributed by atoms with Gasteiger partial charge in [0.25, 0.3) is 0 Å². The maximum atomic E-state index is 5.68. The number of ether oxygens (including phenoxy) is 2. The van der Waals surface area contributed by atoms with Crippen LogP contribution in [0.2, 0.25) is 0 Å². The summed E-state index contributed by atoms with van der Waals surface area (Å²) in [6, 6.07) is 14.4. The Hall–Kier alpha value is -2.42. The SMILES string of the molecule is C=CCOc1ccc(CNc2ccccc2CC)cc1OCC. The quantitative estimate of drug-likeness (QED) is 0.673. The van der Waals surface area contributed by atoms with Gasteiger partial charge in [0.05, 0.1) is 6.61 Å². The Kier molecular flexibility index (Phi) is 6.55. The third-order valence-corrected chi connectivity index (χ3v) is 3.55. The van der Waals surface area contributed by atoms with Crippen molar-refractivity contribution in [2.45, 2.75) is 26.8 Å². The van der Waals surface area contributed by atoms with E-state index in [0.717, 1.165) is 30.0 Å². The van der Waals surface area contributed by atoms with Gasteiger partial charge in [-0.05, 0) is 42.7 Å². The first-order valence-electron chi connectivity index (χ1n) is 8.09. The molecule has 0 heterocycles. The third kappa shape index (κ3) is 4.78. The molecule has 0 bridgehead atoms. The molecule has 3 heteroatoms. The molecule has 23 heavy (non-hydrogen) atoms. The van der Waals surface area contributed by atoms with Crippen molar-refractivity contribution in [2.75, 3.05) is 18.5 Å². The number of hydrogen-bond donors (Lipinski definition) is 1. The van der Waals surface area contributed by atoms with Crippen molar-refractivity contribution in [3.63, 3.8) is 0 Å². The summed E-state index contributed by atoms with van der Waals surface area (Å²) in [4.78, 5) is 0. The molecule has 0 aliphatic heterocycles. The van der Waals surface area contributed by atoms with E-state index in [0.29, 0.717) is 13.2 Å². The topological polar surface area (TPSA) is 30.5 Å². The normalized spacial score (nSPS) is 10.2. The highest BCUT2D eigenvalue weighted by Gasteiger charge is 2.07. The van der Waals surface area contributed by atoms with Crippen molar-refractivity contribution in [3.8, 4) is 11.5 Å². The lowest BCUT2D eigenvalue weighted by molar-refractivity contribution is 0.296. The number of hydrogen-bond acceptors (Lipinski definition) is 3. The van der Waals surface area contributed by atoms with Crippen LogP contribution in [0, 0.1) is 0 Å². The van der Waals surface area contributed by atoms with Crippen LogP contribution in [0.3, 0.4) is 0 Å².